The van der Waals surface area contributed by atoms with Crippen molar-refractivity contribution in [3.63, 3.8) is 0 Å². The smallest absolute Gasteiger partial charge is 0.244 e. The summed E-state index contributed by atoms with van der Waals surface area (Å²) in [5.41, 5.74) is 2.13. The van der Waals surface area contributed by atoms with Gasteiger partial charge in [0, 0.05) is 17.6 Å². The molecule has 2 aromatic rings. The zero-order valence-corrected chi connectivity index (χ0v) is 23.6. The number of nitrogens with zero attached hydrogens (tertiary/aromatic N) is 2. The van der Waals surface area contributed by atoms with Crippen LogP contribution >= 0.6 is 11.6 Å². The number of carbonyl (C=O) groups excluding carboxylic acids is 2. The third-order valence-corrected chi connectivity index (χ3v) is 7.72. The standard InChI is InChI=1S/C27H38ClN3O4S/c1-7-20(5)29-27(33)25(8-2)30(17-22-11-9-10-12-24(22)28)26(32)18-31(36(6,34)35)23-15-13-21(14-16-23)19(3)4/h9-16,19-20,25H,7-8,17-18H2,1-6H3,(H,29,33)/t20-,25+/m1/s1. The summed E-state index contributed by atoms with van der Waals surface area (Å²) in [6.07, 6.45) is 2.18. The molecule has 36 heavy (non-hydrogen) atoms. The van der Waals surface area contributed by atoms with Gasteiger partial charge in [-0.05, 0) is 55.0 Å². The molecular weight excluding hydrogens is 498 g/mol. The van der Waals surface area contributed by atoms with Crippen molar-refractivity contribution < 1.29 is 18.0 Å². The van der Waals surface area contributed by atoms with Gasteiger partial charge in [-0.2, -0.15) is 0 Å². The van der Waals surface area contributed by atoms with Crippen molar-refractivity contribution in [3.8, 4) is 0 Å². The van der Waals surface area contributed by atoms with Gasteiger partial charge in [0.25, 0.3) is 0 Å². The average molecular weight is 536 g/mol. The van der Waals surface area contributed by atoms with Crippen molar-refractivity contribution in [2.45, 2.75) is 72.0 Å². The maximum Gasteiger partial charge on any atom is 0.244 e. The first-order chi connectivity index (χ1) is 16.9. The Hall–Kier alpha value is -2.58. The predicted molar refractivity (Wildman–Crippen MR) is 147 cm³/mol. The number of carbonyl (C=O) groups is 2. The predicted octanol–water partition coefficient (Wildman–Crippen LogP) is 4.95. The monoisotopic (exact) mass is 535 g/mol. The highest BCUT2D eigenvalue weighted by molar-refractivity contribution is 7.92. The van der Waals surface area contributed by atoms with Crippen LogP contribution in [0.1, 0.15) is 64.5 Å². The first-order valence-electron chi connectivity index (χ1n) is 12.3. The second kappa shape index (κ2) is 13.1. The molecule has 2 aromatic carbocycles. The molecule has 9 heteroatoms. The van der Waals surface area contributed by atoms with E-state index in [-0.39, 0.29) is 24.4 Å². The van der Waals surface area contributed by atoms with Crippen molar-refractivity contribution >= 4 is 39.1 Å². The highest BCUT2D eigenvalue weighted by atomic mass is 35.5. The lowest BCUT2D eigenvalue weighted by Crippen LogP contribution is -2.53. The number of benzene rings is 2. The summed E-state index contributed by atoms with van der Waals surface area (Å²) in [6.45, 7) is 9.44. The van der Waals surface area contributed by atoms with Crippen LogP contribution in [0.2, 0.25) is 5.02 Å². The minimum atomic E-state index is -3.78. The molecule has 0 unspecified atom stereocenters. The van der Waals surface area contributed by atoms with Gasteiger partial charge in [0.2, 0.25) is 21.8 Å². The summed E-state index contributed by atoms with van der Waals surface area (Å²) in [6, 6.07) is 13.4. The second-order valence-electron chi connectivity index (χ2n) is 9.37. The number of amides is 2. The number of nitrogens with one attached hydrogen (secondary N) is 1. The molecule has 0 heterocycles. The van der Waals surface area contributed by atoms with Gasteiger partial charge in [-0.1, -0.05) is 69.6 Å². The number of hydrogen-bond donors (Lipinski definition) is 1. The Labute approximate surface area is 220 Å². The van der Waals surface area contributed by atoms with E-state index in [1.165, 1.54) is 4.90 Å². The molecule has 0 aliphatic rings. The maximum absolute atomic E-state index is 13.7. The van der Waals surface area contributed by atoms with Crippen LogP contribution in [-0.4, -0.2) is 50.0 Å². The summed E-state index contributed by atoms with van der Waals surface area (Å²) in [7, 11) is -3.78. The van der Waals surface area contributed by atoms with Crippen LogP contribution in [0, 0.1) is 0 Å². The largest absolute Gasteiger partial charge is 0.352 e. The van der Waals surface area contributed by atoms with Crippen LogP contribution in [0.4, 0.5) is 5.69 Å². The fourth-order valence-electron chi connectivity index (χ4n) is 3.81. The van der Waals surface area contributed by atoms with Crippen molar-refractivity contribution in [2.24, 2.45) is 0 Å². The summed E-state index contributed by atoms with van der Waals surface area (Å²) in [5, 5.41) is 3.42. The van der Waals surface area contributed by atoms with E-state index in [2.05, 4.69) is 19.2 Å². The summed E-state index contributed by atoms with van der Waals surface area (Å²) in [4.78, 5) is 28.3. The fourth-order valence-corrected chi connectivity index (χ4v) is 4.86. The Morgan fingerprint density at radius 1 is 0.972 bits per heavy atom. The molecule has 0 aliphatic heterocycles. The number of hydrogen-bond acceptors (Lipinski definition) is 4. The van der Waals surface area contributed by atoms with Gasteiger partial charge in [0.1, 0.15) is 12.6 Å². The third kappa shape index (κ3) is 7.96. The van der Waals surface area contributed by atoms with E-state index in [1.54, 1.807) is 30.3 Å². The van der Waals surface area contributed by atoms with E-state index in [1.807, 2.05) is 39.0 Å². The number of sulfonamides is 1. The lowest BCUT2D eigenvalue weighted by Gasteiger charge is -2.33. The molecule has 2 amide bonds. The maximum atomic E-state index is 13.7. The van der Waals surface area contributed by atoms with E-state index in [4.69, 9.17) is 11.6 Å². The van der Waals surface area contributed by atoms with E-state index in [0.29, 0.717) is 22.7 Å². The molecule has 0 aromatic heterocycles. The van der Waals surface area contributed by atoms with E-state index < -0.39 is 28.5 Å². The van der Waals surface area contributed by atoms with E-state index in [0.717, 1.165) is 22.5 Å². The van der Waals surface area contributed by atoms with Crippen LogP contribution in [0.5, 0.6) is 0 Å². The Bertz CT molecular complexity index is 1140. The Kier molecular flexibility index (Phi) is 10.8. The molecule has 7 nitrogen and oxygen atoms in total. The number of rotatable bonds is 12. The van der Waals surface area contributed by atoms with Crippen LogP contribution in [-0.2, 0) is 26.2 Å². The minimum Gasteiger partial charge on any atom is -0.352 e. The SMILES string of the molecule is CC[C@@H](C)NC(=O)[C@H](CC)N(Cc1ccccc1Cl)C(=O)CN(c1ccc(C(C)C)cc1)S(C)(=O)=O. The van der Waals surface area contributed by atoms with Gasteiger partial charge in [0.15, 0.2) is 0 Å². The van der Waals surface area contributed by atoms with Crippen molar-refractivity contribution in [1.29, 1.82) is 0 Å². The highest BCUT2D eigenvalue weighted by Crippen LogP contribution is 2.24. The van der Waals surface area contributed by atoms with Crippen molar-refractivity contribution in [2.75, 3.05) is 17.1 Å². The molecule has 2 atom stereocenters. The molecule has 0 spiro atoms. The Balaban J connectivity index is 2.45. The second-order valence-corrected chi connectivity index (χ2v) is 11.7. The van der Waals surface area contributed by atoms with Gasteiger partial charge in [-0.15, -0.1) is 0 Å². The molecule has 1 N–H and O–H groups in total. The van der Waals surface area contributed by atoms with Gasteiger partial charge in [-0.3, -0.25) is 13.9 Å². The number of anilines is 1. The van der Waals surface area contributed by atoms with Gasteiger partial charge < -0.3 is 10.2 Å². The first kappa shape index (κ1) is 29.6. The van der Waals surface area contributed by atoms with Gasteiger partial charge in [-0.25, -0.2) is 8.42 Å². The zero-order chi connectivity index (χ0) is 27.0. The highest BCUT2D eigenvalue weighted by Gasteiger charge is 2.32. The number of halogens is 1. The molecular formula is C27H38ClN3O4S. The minimum absolute atomic E-state index is 0.0594. The molecule has 0 saturated heterocycles. The molecule has 0 bridgehead atoms. The molecule has 0 radical (unpaired) electrons. The van der Waals surface area contributed by atoms with Crippen LogP contribution in [0.15, 0.2) is 48.5 Å². The van der Waals surface area contributed by atoms with Gasteiger partial charge >= 0.3 is 0 Å². The zero-order valence-electron chi connectivity index (χ0n) is 22.0. The summed E-state index contributed by atoms with van der Waals surface area (Å²) >= 11 is 6.38. The van der Waals surface area contributed by atoms with Crippen LogP contribution in [0.25, 0.3) is 0 Å². The normalized spacial score (nSPS) is 13.2. The molecule has 0 saturated carbocycles. The third-order valence-electron chi connectivity index (χ3n) is 6.21. The lowest BCUT2D eigenvalue weighted by atomic mass is 10.0. The summed E-state index contributed by atoms with van der Waals surface area (Å²) in [5.74, 6) is -0.480. The molecule has 0 fully saturated rings. The Morgan fingerprint density at radius 2 is 1.58 bits per heavy atom. The first-order valence-corrected chi connectivity index (χ1v) is 14.5. The fraction of sp³-hybridized carbons (Fsp3) is 0.481. The lowest BCUT2D eigenvalue weighted by molar-refractivity contribution is -0.140. The van der Waals surface area contributed by atoms with Crippen molar-refractivity contribution in [3.05, 3.63) is 64.7 Å². The molecule has 0 aliphatic carbocycles. The van der Waals surface area contributed by atoms with Gasteiger partial charge in [0.05, 0.1) is 11.9 Å². The van der Waals surface area contributed by atoms with Crippen LogP contribution < -0.4 is 9.62 Å². The van der Waals surface area contributed by atoms with E-state index >= 15 is 0 Å². The van der Waals surface area contributed by atoms with E-state index in [9.17, 15) is 18.0 Å². The van der Waals surface area contributed by atoms with Crippen LogP contribution in [0.3, 0.4) is 0 Å². The summed E-state index contributed by atoms with van der Waals surface area (Å²) < 4.78 is 26.5. The average Bonchev–Trinajstić information content (AvgIpc) is 2.82. The quantitative estimate of drug-likeness (QED) is 0.416. The topological polar surface area (TPSA) is 86.8 Å². The Morgan fingerprint density at radius 3 is 2.08 bits per heavy atom. The van der Waals surface area contributed by atoms with Crippen molar-refractivity contribution in [1.82, 2.24) is 10.2 Å². The molecule has 2 rings (SSSR count). The molecule has 198 valence electrons.